The maximum absolute atomic E-state index is 12.0. The summed E-state index contributed by atoms with van der Waals surface area (Å²) in [5, 5.41) is 9.46. The summed E-state index contributed by atoms with van der Waals surface area (Å²) < 4.78 is 0. The van der Waals surface area contributed by atoms with E-state index in [0.29, 0.717) is 6.54 Å². The molecule has 0 aromatic heterocycles. The van der Waals surface area contributed by atoms with E-state index in [1.54, 1.807) is 18.2 Å². The first-order valence-electron chi connectivity index (χ1n) is 6.06. The van der Waals surface area contributed by atoms with Gasteiger partial charge < -0.3 is 10.0 Å². The Morgan fingerprint density at radius 3 is 2.47 bits per heavy atom. The zero-order valence-electron chi connectivity index (χ0n) is 11.0. The molecule has 3 heteroatoms. The molecule has 0 radical (unpaired) electrons. The number of amides is 1. The second kappa shape index (κ2) is 5.71. The maximum Gasteiger partial charge on any atom is 0.225 e. The molecule has 94 valence electrons. The highest BCUT2D eigenvalue weighted by Gasteiger charge is 2.22. The zero-order valence-corrected chi connectivity index (χ0v) is 11.0. The minimum atomic E-state index is -0.0120. The number of carbonyl (C=O) groups excluding carboxylic acids is 1. The van der Waals surface area contributed by atoms with Crippen molar-refractivity contribution in [3.63, 3.8) is 0 Å². The third kappa shape index (κ3) is 3.22. The van der Waals surface area contributed by atoms with E-state index < -0.39 is 0 Å². The number of rotatable bonds is 4. The molecule has 1 aromatic rings. The molecule has 0 aliphatic heterocycles. The zero-order chi connectivity index (χ0) is 13.0. The molecular formula is C14H21NO2. The van der Waals surface area contributed by atoms with Crippen molar-refractivity contribution in [2.75, 3.05) is 6.54 Å². The summed E-state index contributed by atoms with van der Waals surface area (Å²) >= 11 is 0. The minimum Gasteiger partial charge on any atom is -0.508 e. The molecular weight excluding hydrogens is 214 g/mol. The molecule has 0 saturated heterocycles. The fourth-order valence-corrected chi connectivity index (χ4v) is 1.92. The van der Waals surface area contributed by atoms with Crippen LogP contribution in [-0.4, -0.2) is 22.5 Å². The number of phenolic OH excluding ortho intramolecular Hbond substituents is 1. The van der Waals surface area contributed by atoms with Crippen LogP contribution in [0.5, 0.6) is 5.75 Å². The summed E-state index contributed by atoms with van der Waals surface area (Å²) in [6.07, 6.45) is 0. The molecule has 0 fully saturated rings. The van der Waals surface area contributed by atoms with Gasteiger partial charge in [-0.2, -0.15) is 0 Å². The first-order valence-corrected chi connectivity index (χ1v) is 6.06. The van der Waals surface area contributed by atoms with E-state index >= 15 is 0 Å². The predicted octanol–water partition coefficient (Wildman–Crippen LogP) is 2.96. The smallest absolute Gasteiger partial charge is 0.225 e. The molecule has 17 heavy (non-hydrogen) atoms. The largest absolute Gasteiger partial charge is 0.508 e. The second-order valence-electron chi connectivity index (χ2n) is 4.55. The quantitative estimate of drug-likeness (QED) is 0.871. The van der Waals surface area contributed by atoms with Crippen LogP contribution in [0.3, 0.4) is 0 Å². The predicted molar refractivity (Wildman–Crippen MR) is 68.7 cm³/mol. The summed E-state index contributed by atoms with van der Waals surface area (Å²) in [6.45, 7) is 8.44. The lowest BCUT2D eigenvalue weighted by molar-refractivity contribution is -0.136. The van der Waals surface area contributed by atoms with Gasteiger partial charge in [-0.25, -0.2) is 0 Å². The molecule has 0 aliphatic rings. The van der Waals surface area contributed by atoms with Crippen molar-refractivity contribution in [3.8, 4) is 5.75 Å². The molecule has 0 aliphatic carbocycles. The minimum absolute atomic E-state index is 0.00490. The number of nitrogens with zero attached hydrogens (tertiary/aromatic N) is 1. The average molecular weight is 235 g/mol. The maximum atomic E-state index is 12.0. The summed E-state index contributed by atoms with van der Waals surface area (Å²) in [5.41, 5.74) is 0.959. The van der Waals surface area contributed by atoms with Crippen LogP contribution in [0, 0.1) is 5.92 Å². The van der Waals surface area contributed by atoms with Gasteiger partial charge in [0.2, 0.25) is 5.91 Å². The molecule has 1 aromatic carbocycles. The molecule has 0 heterocycles. The Kier molecular flexibility index (Phi) is 4.55. The molecule has 1 atom stereocenters. The topological polar surface area (TPSA) is 40.5 Å². The van der Waals surface area contributed by atoms with Crippen molar-refractivity contribution in [1.82, 2.24) is 4.90 Å². The Labute approximate surface area is 103 Å². The van der Waals surface area contributed by atoms with Crippen LogP contribution in [-0.2, 0) is 4.79 Å². The number of aromatic hydroxyl groups is 1. The van der Waals surface area contributed by atoms with Crippen LogP contribution < -0.4 is 0 Å². The lowest BCUT2D eigenvalue weighted by Crippen LogP contribution is -2.36. The fourth-order valence-electron chi connectivity index (χ4n) is 1.92. The average Bonchev–Trinajstić information content (AvgIpc) is 2.29. The Morgan fingerprint density at radius 1 is 1.35 bits per heavy atom. The van der Waals surface area contributed by atoms with E-state index in [1.165, 1.54) is 0 Å². The Morgan fingerprint density at radius 2 is 2.00 bits per heavy atom. The van der Waals surface area contributed by atoms with Crippen molar-refractivity contribution in [1.29, 1.82) is 0 Å². The molecule has 0 bridgehead atoms. The number of benzene rings is 1. The second-order valence-corrected chi connectivity index (χ2v) is 4.55. The van der Waals surface area contributed by atoms with E-state index in [4.69, 9.17) is 0 Å². The molecule has 0 spiro atoms. The lowest BCUT2D eigenvalue weighted by Gasteiger charge is -2.30. The summed E-state index contributed by atoms with van der Waals surface area (Å²) in [5.74, 6) is 0.375. The van der Waals surface area contributed by atoms with E-state index in [0.717, 1.165) is 5.56 Å². The summed E-state index contributed by atoms with van der Waals surface area (Å²) in [6, 6.07) is 7.06. The van der Waals surface area contributed by atoms with Gasteiger partial charge in [-0.05, 0) is 31.5 Å². The van der Waals surface area contributed by atoms with Gasteiger partial charge >= 0.3 is 0 Å². The van der Waals surface area contributed by atoms with Gasteiger partial charge in [0.25, 0.3) is 0 Å². The monoisotopic (exact) mass is 235 g/mol. The van der Waals surface area contributed by atoms with E-state index in [1.807, 2.05) is 38.7 Å². The number of carbonyl (C=O) groups is 1. The van der Waals surface area contributed by atoms with Gasteiger partial charge in [-0.3, -0.25) is 4.79 Å². The third-order valence-electron chi connectivity index (χ3n) is 2.94. The van der Waals surface area contributed by atoms with Gasteiger partial charge in [0.15, 0.2) is 0 Å². The van der Waals surface area contributed by atoms with E-state index in [2.05, 4.69) is 0 Å². The van der Waals surface area contributed by atoms with Crippen LogP contribution in [0.15, 0.2) is 24.3 Å². The van der Waals surface area contributed by atoms with Crippen LogP contribution >= 0.6 is 0 Å². The van der Waals surface area contributed by atoms with Gasteiger partial charge in [0.1, 0.15) is 5.75 Å². The number of phenols is 1. The fraction of sp³-hybridized carbons (Fsp3) is 0.500. The molecule has 1 unspecified atom stereocenters. The van der Waals surface area contributed by atoms with Crippen molar-refractivity contribution < 1.29 is 9.90 Å². The standard InChI is InChI=1S/C14H21NO2/c1-5-15(14(17)10(2)3)11(4)12-7-6-8-13(16)9-12/h6-11,16H,5H2,1-4H3. The highest BCUT2D eigenvalue weighted by molar-refractivity contribution is 5.78. The molecule has 0 saturated carbocycles. The molecule has 1 rings (SSSR count). The lowest BCUT2D eigenvalue weighted by atomic mass is 10.0. The first-order chi connectivity index (χ1) is 7.97. The molecule has 1 N–H and O–H groups in total. The van der Waals surface area contributed by atoms with Crippen molar-refractivity contribution in [2.24, 2.45) is 5.92 Å². The van der Waals surface area contributed by atoms with Gasteiger partial charge in [0, 0.05) is 12.5 Å². The van der Waals surface area contributed by atoms with Gasteiger partial charge in [0.05, 0.1) is 6.04 Å². The first kappa shape index (κ1) is 13.6. The highest BCUT2D eigenvalue weighted by atomic mass is 16.3. The van der Waals surface area contributed by atoms with Gasteiger partial charge in [-0.15, -0.1) is 0 Å². The van der Waals surface area contributed by atoms with Crippen molar-refractivity contribution in [3.05, 3.63) is 29.8 Å². The Hall–Kier alpha value is -1.51. The van der Waals surface area contributed by atoms with Crippen LogP contribution in [0.4, 0.5) is 0 Å². The van der Waals surface area contributed by atoms with Crippen LogP contribution in [0.1, 0.15) is 39.3 Å². The number of hydrogen-bond acceptors (Lipinski definition) is 2. The van der Waals surface area contributed by atoms with Crippen LogP contribution in [0.2, 0.25) is 0 Å². The molecule has 3 nitrogen and oxygen atoms in total. The summed E-state index contributed by atoms with van der Waals surface area (Å²) in [7, 11) is 0. The third-order valence-corrected chi connectivity index (χ3v) is 2.94. The SMILES string of the molecule is CCN(C(=O)C(C)C)C(C)c1cccc(O)c1. The Balaban J connectivity index is 2.93. The van der Waals surface area contributed by atoms with Crippen molar-refractivity contribution >= 4 is 5.91 Å². The van der Waals surface area contributed by atoms with E-state index in [9.17, 15) is 9.90 Å². The summed E-state index contributed by atoms with van der Waals surface area (Å²) in [4.78, 5) is 13.9. The van der Waals surface area contributed by atoms with Gasteiger partial charge in [-0.1, -0.05) is 26.0 Å². The Bertz CT molecular complexity index is 388. The normalized spacial score (nSPS) is 12.5. The molecule has 1 amide bonds. The number of hydrogen-bond donors (Lipinski definition) is 1. The van der Waals surface area contributed by atoms with E-state index in [-0.39, 0.29) is 23.6 Å². The highest BCUT2D eigenvalue weighted by Crippen LogP contribution is 2.24. The van der Waals surface area contributed by atoms with Crippen molar-refractivity contribution in [2.45, 2.75) is 33.7 Å². The van der Waals surface area contributed by atoms with Crippen LogP contribution in [0.25, 0.3) is 0 Å².